The Bertz CT molecular complexity index is 278. The van der Waals surface area contributed by atoms with Crippen LogP contribution in [0.1, 0.15) is 13.3 Å². The Labute approximate surface area is 89.5 Å². The summed E-state index contributed by atoms with van der Waals surface area (Å²) in [7, 11) is 0. The molecule has 78 valence electrons. The molecule has 1 heterocycles. The van der Waals surface area contributed by atoms with E-state index in [1.165, 1.54) is 0 Å². The van der Waals surface area contributed by atoms with Crippen molar-refractivity contribution in [3.05, 3.63) is 18.3 Å². The highest BCUT2D eigenvalue weighted by molar-refractivity contribution is 7.98. The molecule has 1 unspecified atom stereocenters. The highest BCUT2D eigenvalue weighted by Crippen LogP contribution is 2.12. The zero-order chi connectivity index (χ0) is 10.4. The maximum Gasteiger partial charge on any atom is 0.128 e. The summed E-state index contributed by atoms with van der Waals surface area (Å²) in [6.45, 7) is 2.17. The number of anilines is 2. The lowest BCUT2D eigenvalue weighted by Crippen LogP contribution is -2.21. The van der Waals surface area contributed by atoms with Crippen LogP contribution in [0.25, 0.3) is 0 Å². The third-order valence-electron chi connectivity index (χ3n) is 2.00. The molecule has 0 aromatic carbocycles. The highest BCUT2D eigenvalue weighted by atomic mass is 32.2. The molecule has 0 saturated heterocycles. The van der Waals surface area contributed by atoms with Crippen LogP contribution in [0.15, 0.2) is 18.3 Å². The number of thioether (sulfide) groups is 1. The van der Waals surface area contributed by atoms with Gasteiger partial charge in [-0.2, -0.15) is 11.8 Å². The molecule has 0 aliphatic carbocycles. The third kappa shape index (κ3) is 3.46. The van der Waals surface area contributed by atoms with Crippen molar-refractivity contribution in [1.29, 1.82) is 0 Å². The molecule has 1 aromatic rings. The Kier molecular flexibility index (Phi) is 4.59. The lowest BCUT2D eigenvalue weighted by molar-refractivity contribution is 0.770. The van der Waals surface area contributed by atoms with Gasteiger partial charge in [-0.1, -0.05) is 6.92 Å². The lowest BCUT2D eigenvalue weighted by atomic mass is 10.2. The fourth-order valence-electron chi connectivity index (χ4n) is 1.20. The smallest absolute Gasteiger partial charge is 0.128 e. The van der Waals surface area contributed by atoms with E-state index in [-0.39, 0.29) is 0 Å². The lowest BCUT2D eigenvalue weighted by Gasteiger charge is -2.16. The quantitative estimate of drug-likeness (QED) is 0.784. The first kappa shape index (κ1) is 11.2. The average Bonchev–Trinajstić information content (AvgIpc) is 2.17. The van der Waals surface area contributed by atoms with Crippen LogP contribution in [0.4, 0.5) is 11.5 Å². The van der Waals surface area contributed by atoms with Gasteiger partial charge in [-0.3, -0.25) is 0 Å². The fraction of sp³-hybridized carbons (Fsp3) is 0.500. The number of nitrogen functional groups attached to an aromatic ring is 1. The van der Waals surface area contributed by atoms with Gasteiger partial charge in [-0.05, 0) is 18.7 Å². The minimum absolute atomic E-state index is 0.472. The summed E-state index contributed by atoms with van der Waals surface area (Å²) in [6.07, 6.45) is 4.93. The van der Waals surface area contributed by atoms with E-state index in [1.54, 1.807) is 12.3 Å². The Morgan fingerprint density at radius 3 is 3.00 bits per heavy atom. The maximum absolute atomic E-state index is 5.66. The van der Waals surface area contributed by atoms with Crippen molar-refractivity contribution in [2.75, 3.05) is 23.1 Å². The molecule has 3 N–H and O–H groups in total. The van der Waals surface area contributed by atoms with Crippen molar-refractivity contribution in [2.24, 2.45) is 0 Å². The van der Waals surface area contributed by atoms with E-state index in [1.807, 2.05) is 17.8 Å². The van der Waals surface area contributed by atoms with E-state index in [9.17, 15) is 0 Å². The molecule has 0 bridgehead atoms. The van der Waals surface area contributed by atoms with E-state index >= 15 is 0 Å². The van der Waals surface area contributed by atoms with Gasteiger partial charge in [0.2, 0.25) is 0 Å². The van der Waals surface area contributed by atoms with E-state index in [4.69, 9.17) is 5.73 Å². The van der Waals surface area contributed by atoms with E-state index < -0.39 is 0 Å². The highest BCUT2D eigenvalue weighted by Gasteiger charge is 2.05. The molecular weight excluding hydrogens is 194 g/mol. The van der Waals surface area contributed by atoms with Crippen molar-refractivity contribution in [2.45, 2.75) is 19.4 Å². The van der Waals surface area contributed by atoms with Crippen LogP contribution in [0, 0.1) is 0 Å². The average molecular weight is 211 g/mol. The molecule has 0 fully saturated rings. The number of hydrogen-bond acceptors (Lipinski definition) is 4. The first-order valence-corrected chi connectivity index (χ1v) is 6.12. The van der Waals surface area contributed by atoms with Gasteiger partial charge in [-0.15, -0.1) is 0 Å². The monoisotopic (exact) mass is 211 g/mol. The van der Waals surface area contributed by atoms with Crippen LogP contribution >= 0.6 is 11.8 Å². The summed E-state index contributed by atoms with van der Waals surface area (Å²) in [5.41, 5.74) is 6.42. The van der Waals surface area contributed by atoms with Crippen LogP contribution in [0.3, 0.4) is 0 Å². The van der Waals surface area contributed by atoms with Crippen molar-refractivity contribution in [3.63, 3.8) is 0 Å². The summed E-state index contributed by atoms with van der Waals surface area (Å²) in [4.78, 5) is 4.21. The molecule has 0 spiro atoms. The summed E-state index contributed by atoms with van der Waals surface area (Å²) < 4.78 is 0. The molecule has 0 amide bonds. The summed E-state index contributed by atoms with van der Waals surface area (Å²) in [6, 6.07) is 4.13. The first-order chi connectivity index (χ1) is 6.76. The molecule has 1 atom stereocenters. The van der Waals surface area contributed by atoms with Gasteiger partial charge in [0.25, 0.3) is 0 Å². The van der Waals surface area contributed by atoms with Gasteiger partial charge in [0, 0.05) is 29.7 Å². The van der Waals surface area contributed by atoms with E-state index in [2.05, 4.69) is 23.5 Å². The SMILES string of the molecule is CCC(CSC)Nc1cc(N)ccn1. The van der Waals surface area contributed by atoms with Gasteiger partial charge >= 0.3 is 0 Å². The van der Waals surface area contributed by atoms with Crippen molar-refractivity contribution < 1.29 is 0 Å². The van der Waals surface area contributed by atoms with Crippen molar-refractivity contribution >= 4 is 23.3 Å². The summed E-state index contributed by atoms with van der Waals surface area (Å²) in [5, 5.41) is 3.36. The Hall–Kier alpha value is -0.900. The predicted molar refractivity (Wildman–Crippen MR) is 64.7 cm³/mol. The van der Waals surface area contributed by atoms with Crippen molar-refractivity contribution in [3.8, 4) is 0 Å². The largest absolute Gasteiger partial charge is 0.399 e. The number of rotatable bonds is 5. The number of nitrogens with two attached hydrogens (primary N) is 1. The van der Waals surface area contributed by atoms with Crippen LogP contribution in [-0.2, 0) is 0 Å². The standard InChI is InChI=1S/C10H17N3S/c1-3-9(7-14-2)13-10-6-8(11)4-5-12-10/h4-6,9H,3,7H2,1-2H3,(H3,11,12,13). The van der Waals surface area contributed by atoms with Crippen LogP contribution in [0.5, 0.6) is 0 Å². The minimum Gasteiger partial charge on any atom is -0.399 e. The van der Waals surface area contributed by atoms with Gasteiger partial charge in [0.05, 0.1) is 0 Å². The molecule has 1 aromatic heterocycles. The van der Waals surface area contributed by atoms with Gasteiger partial charge in [-0.25, -0.2) is 4.98 Å². The molecule has 0 radical (unpaired) electrons. The molecule has 0 aliphatic rings. The Morgan fingerprint density at radius 2 is 2.43 bits per heavy atom. The fourth-order valence-corrected chi connectivity index (χ4v) is 1.92. The predicted octanol–water partition coefficient (Wildman–Crippen LogP) is 2.22. The molecule has 14 heavy (non-hydrogen) atoms. The van der Waals surface area contributed by atoms with Gasteiger partial charge in [0.1, 0.15) is 5.82 Å². The van der Waals surface area contributed by atoms with Crippen LogP contribution in [0.2, 0.25) is 0 Å². The summed E-state index contributed by atoms with van der Waals surface area (Å²) in [5.74, 6) is 1.96. The van der Waals surface area contributed by atoms with Crippen molar-refractivity contribution in [1.82, 2.24) is 4.98 Å². The number of hydrogen-bond donors (Lipinski definition) is 2. The molecule has 0 saturated carbocycles. The van der Waals surface area contributed by atoms with Gasteiger partial charge < -0.3 is 11.1 Å². The number of pyridine rings is 1. The molecule has 3 nitrogen and oxygen atoms in total. The number of aromatic nitrogens is 1. The molecular formula is C10H17N3S. The number of nitrogens with zero attached hydrogens (tertiary/aromatic N) is 1. The number of nitrogens with one attached hydrogen (secondary N) is 1. The Balaban J connectivity index is 2.57. The zero-order valence-corrected chi connectivity index (χ0v) is 9.47. The van der Waals surface area contributed by atoms with Crippen LogP contribution < -0.4 is 11.1 Å². The third-order valence-corrected chi connectivity index (χ3v) is 2.73. The molecule has 0 aliphatic heterocycles. The van der Waals surface area contributed by atoms with E-state index in [0.29, 0.717) is 6.04 Å². The normalized spacial score (nSPS) is 12.4. The zero-order valence-electron chi connectivity index (χ0n) is 8.66. The molecule has 4 heteroatoms. The second-order valence-electron chi connectivity index (χ2n) is 3.18. The minimum atomic E-state index is 0.472. The van der Waals surface area contributed by atoms with Crippen LogP contribution in [-0.4, -0.2) is 23.0 Å². The second-order valence-corrected chi connectivity index (χ2v) is 4.09. The maximum atomic E-state index is 5.66. The topological polar surface area (TPSA) is 50.9 Å². The first-order valence-electron chi connectivity index (χ1n) is 4.73. The molecule has 1 rings (SSSR count). The van der Waals surface area contributed by atoms with E-state index in [0.717, 1.165) is 23.7 Å². The Morgan fingerprint density at radius 1 is 1.64 bits per heavy atom. The van der Waals surface area contributed by atoms with Gasteiger partial charge in [0.15, 0.2) is 0 Å². The summed E-state index contributed by atoms with van der Waals surface area (Å²) >= 11 is 1.84. The second kappa shape index (κ2) is 5.75.